The second-order valence-electron chi connectivity index (χ2n) is 0.899. The normalized spacial score (nSPS) is 13.4. The Morgan fingerprint density at radius 1 is 1.43 bits per heavy atom. The summed E-state index contributed by atoms with van der Waals surface area (Å²) >= 11 is 5.93. The first-order valence-corrected chi connectivity index (χ1v) is 3.12. The largest absolute Gasteiger partial charge is 0.443 e. The van der Waals surface area contributed by atoms with Crippen molar-refractivity contribution < 1.29 is 7.16 Å². The number of hydrogen-bond donors (Lipinski definition) is 0. The van der Waals surface area contributed by atoms with E-state index in [4.69, 9.17) is 7.16 Å². The van der Waals surface area contributed by atoms with Gasteiger partial charge in [-0.3, -0.25) is 0 Å². The van der Waals surface area contributed by atoms with E-state index in [9.17, 15) is 0 Å². The molecule has 0 amide bonds. The van der Waals surface area contributed by atoms with Crippen LogP contribution in [0.2, 0.25) is 0 Å². The van der Waals surface area contributed by atoms with E-state index >= 15 is 0 Å². The predicted octanol–water partition coefficient (Wildman–Crippen LogP) is 2.80. The predicted molar refractivity (Wildman–Crippen MR) is 34.1 cm³/mol. The number of furan rings is 1. The molecule has 0 aliphatic heterocycles. The Bertz CT molecular complexity index is 210. The van der Waals surface area contributed by atoms with Gasteiger partial charge in [-0.15, -0.1) is 0 Å². The Hall–Kier alpha value is 0.240. The summed E-state index contributed by atoms with van der Waals surface area (Å²) in [6.45, 7) is 0. The summed E-state index contributed by atoms with van der Waals surface area (Å²) in [5, 5.41) is 0. The van der Waals surface area contributed by atoms with E-state index in [0.717, 1.165) is 0 Å². The third kappa shape index (κ3) is 1.31. The van der Waals surface area contributed by atoms with Crippen molar-refractivity contribution in [1.29, 1.82) is 0 Å². The molecule has 0 atom stereocenters. The zero-order valence-corrected chi connectivity index (χ0v) is 6.34. The van der Waals surface area contributed by atoms with Gasteiger partial charge in [0.2, 0.25) is 0 Å². The third-order valence-corrected chi connectivity index (χ3v) is 1.16. The fourth-order valence-electron chi connectivity index (χ4n) is 0.228. The Balaban J connectivity index is 3.29. The second-order valence-corrected chi connectivity index (χ2v) is 2.34. The van der Waals surface area contributed by atoms with E-state index in [2.05, 4.69) is 31.9 Å². The lowest BCUT2D eigenvalue weighted by atomic mass is 10.7. The summed E-state index contributed by atoms with van der Waals surface area (Å²) in [6.07, 6.45) is 0. The first-order valence-electron chi connectivity index (χ1n) is 2.54. The SMILES string of the molecule is [2H]c1c(Br)oc(Br)c1[2H]. The molecule has 0 fully saturated rings. The molecule has 0 spiro atoms. The molecule has 0 saturated carbocycles. The third-order valence-electron chi connectivity index (χ3n) is 0.438. The first-order chi connectivity index (χ1) is 4.13. The molecule has 0 radical (unpaired) electrons. The molecule has 1 rings (SSSR count). The molecule has 0 aromatic carbocycles. The first kappa shape index (κ1) is 3.30. The van der Waals surface area contributed by atoms with Crippen LogP contribution in [0.3, 0.4) is 0 Å². The molecule has 1 aromatic heterocycles. The summed E-state index contributed by atoms with van der Waals surface area (Å²) in [4.78, 5) is 0. The highest BCUT2D eigenvalue weighted by Gasteiger charge is 1.89. The van der Waals surface area contributed by atoms with Crippen molar-refractivity contribution >= 4 is 31.9 Å². The van der Waals surface area contributed by atoms with Crippen LogP contribution in [0.4, 0.5) is 0 Å². The van der Waals surface area contributed by atoms with E-state index in [1.165, 1.54) is 0 Å². The van der Waals surface area contributed by atoms with Crippen molar-refractivity contribution in [3.8, 4) is 0 Å². The maximum Gasteiger partial charge on any atom is 0.170 e. The van der Waals surface area contributed by atoms with Gasteiger partial charge in [0.15, 0.2) is 9.34 Å². The molecule has 0 unspecified atom stereocenters. The Morgan fingerprint density at radius 2 is 1.86 bits per heavy atom. The lowest BCUT2D eigenvalue weighted by Gasteiger charge is -1.72. The fraction of sp³-hybridized carbons (Fsp3) is 0. The molecule has 0 aliphatic rings. The van der Waals surface area contributed by atoms with Crippen molar-refractivity contribution in [2.75, 3.05) is 0 Å². The van der Waals surface area contributed by atoms with E-state index in [1.807, 2.05) is 0 Å². The van der Waals surface area contributed by atoms with Gasteiger partial charge in [-0.05, 0) is 43.9 Å². The van der Waals surface area contributed by atoms with Gasteiger partial charge in [-0.2, -0.15) is 0 Å². The molecule has 0 N–H and O–H groups in total. The van der Waals surface area contributed by atoms with Crippen molar-refractivity contribution in [3.63, 3.8) is 0 Å². The van der Waals surface area contributed by atoms with Crippen LogP contribution in [0.25, 0.3) is 0 Å². The lowest BCUT2D eigenvalue weighted by molar-refractivity contribution is 0.516. The zero-order chi connectivity index (χ0) is 7.02. The van der Waals surface area contributed by atoms with Gasteiger partial charge in [0.05, 0.1) is 2.74 Å². The van der Waals surface area contributed by atoms with Crippen LogP contribution in [-0.4, -0.2) is 0 Å². The molecule has 0 saturated heterocycles. The van der Waals surface area contributed by atoms with Crippen LogP contribution in [-0.2, 0) is 0 Å². The molecule has 0 aliphatic carbocycles. The standard InChI is InChI=1S/C4H2Br2O/c5-3-1-2-4(6)7-3/h1-2H/i1D,2D. The number of rotatable bonds is 0. The van der Waals surface area contributed by atoms with E-state index in [-0.39, 0.29) is 12.1 Å². The van der Waals surface area contributed by atoms with Crippen LogP contribution in [0.15, 0.2) is 25.8 Å². The zero-order valence-electron chi connectivity index (χ0n) is 5.16. The molecule has 3 heteroatoms. The van der Waals surface area contributed by atoms with Gasteiger partial charge in [-0.25, -0.2) is 0 Å². The number of hydrogen-bond acceptors (Lipinski definition) is 1. The van der Waals surface area contributed by atoms with Gasteiger partial charge in [0.1, 0.15) is 0 Å². The molecular weight excluding hydrogens is 224 g/mol. The van der Waals surface area contributed by atoms with Gasteiger partial charge in [-0.1, -0.05) is 0 Å². The van der Waals surface area contributed by atoms with E-state index < -0.39 is 0 Å². The minimum atomic E-state index is 0.0712. The summed E-state index contributed by atoms with van der Waals surface area (Å²) in [6, 6.07) is 0.142. The topological polar surface area (TPSA) is 13.1 Å². The van der Waals surface area contributed by atoms with E-state index in [0.29, 0.717) is 9.34 Å². The molecule has 7 heavy (non-hydrogen) atoms. The van der Waals surface area contributed by atoms with Crippen LogP contribution >= 0.6 is 31.9 Å². The van der Waals surface area contributed by atoms with Crippen molar-refractivity contribution in [2.45, 2.75) is 0 Å². The molecule has 1 nitrogen and oxygen atoms in total. The maximum atomic E-state index is 7.11. The molecule has 1 aromatic rings. The second kappa shape index (κ2) is 2.01. The van der Waals surface area contributed by atoms with E-state index in [1.54, 1.807) is 0 Å². The molecule has 0 bridgehead atoms. The molecule has 38 valence electrons. The average Bonchev–Trinajstić information content (AvgIpc) is 1.98. The summed E-state index contributed by atoms with van der Waals surface area (Å²) in [7, 11) is 0. The van der Waals surface area contributed by atoms with Crippen molar-refractivity contribution in [3.05, 3.63) is 21.4 Å². The van der Waals surface area contributed by atoms with Crippen molar-refractivity contribution in [2.24, 2.45) is 0 Å². The smallest absolute Gasteiger partial charge is 0.170 e. The highest BCUT2D eigenvalue weighted by molar-refractivity contribution is 9.11. The van der Waals surface area contributed by atoms with Crippen LogP contribution in [0, 0.1) is 0 Å². The summed E-state index contributed by atoms with van der Waals surface area (Å²) < 4.78 is 19.6. The Labute approximate surface area is 60.8 Å². The highest BCUT2D eigenvalue weighted by atomic mass is 79.9. The van der Waals surface area contributed by atoms with Crippen LogP contribution in [0.5, 0.6) is 0 Å². The Morgan fingerprint density at radius 3 is 2.00 bits per heavy atom. The molecular formula is C4H2Br2O. The average molecular weight is 228 g/mol. The minimum absolute atomic E-state index is 0.0712. The highest BCUT2D eigenvalue weighted by Crippen LogP contribution is 2.17. The maximum absolute atomic E-state index is 7.11. The molecule has 1 heterocycles. The Kier molecular flexibility index (Phi) is 0.947. The minimum Gasteiger partial charge on any atom is -0.443 e. The summed E-state index contributed by atoms with van der Waals surface area (Å²) in [5.41, 5.74) is 0. The lowest BCUT2D eigenvalue weighted by Crippen LogP contribution is -1.39. The number of halogens is 2. The monoisotopic (exact) mass is 226 g/mol. The van der Waals surface area contributed by atoms with Crippen molar-refractivity contribution in [1.82, 2.24) is 0 Å². The van der Waals surface area contributed by atoms with Gasteiger partial charge in [0, 0.05) is 0 Å². The quantitative estimate of drug-likeness (QED) is 0.665. The van der Waals surface area contributed by atoms with Gasteiger partial charge in [0.25, 0.3) is 0 Å². The van der Waals surface area contributed by atoms with Crippen LogP contribution in [0.1, 0.15) is 2.74 Å². The van der Waals surface area contributed by atoms with Gasteiger partial charge >= 0.3 is 0 Å². The van der Waals surface area contributed by atoms with Crippen LogP contribution < -0.4 is 0 Å². The fourth-order valence-corrected chi connectivity index (χ4v) is 0.967. The summed E-state index contributed by atoms with van der Waals surface area (Å²) in [5.74, 6) is 0. The van der Waals surface area contributed by atoms with Gasteiger partial charge < -0.3 is 4.42 Å².